The normalized spacial score (nSPS) is 11.2. The Kier molecular flexibility index (Phi) is 4.21. The van der Waals surface area contributed by atoms with Crippen LogP contribution in [0.25, 0.3) is 0 Å². The molecule has 0 saturated carbocycles. The van der Waals surface area contributed by atoms with Crippen LogP contribution in [0.1, 0.15) is 11.1 Å². The third-order valence-electron chi connectivity index (χ3n) is 2.46. The minimum Gasteiger partial charge on any atom is -0.329 e. The average Bonchev–Trinajstić information content (AvgIpc) is 2.24. The summed E-state index contributed by atoms with van der Waals surface area (Å²) >= 11 is 0. The van der Waals surface area contributed by atoms with E-state index in [0.29, 0.717) is 5.69 Å². The molecule has 100 valence electrons. The summed E-state index contributed by atoms with van der Waals surface area (Å²) in [7, 11) is 1.43. The lowest BCUT2D eigenvalue weighted by atomic mass is 10.1. The molecule has 0 aliphatic heterocycles. The number of carbonyl (C=O) groups excluding carboxylic acids is 1. The number of anilines is 1. The molecule has 1 N–H and O–H groups in total. The molecule has 0 aliphatic carbocycles. The molecule has 0 unspecified atom stereocenters. The fourth-order valence-electron chi connectivity index (χ4n) is 1.59. The van der Waals surface area contributed by atoms with Crippen LogP contribution in [0, 0.1) is 13.8 Å². The highest BCUT2D eigenvalue weighted by molar-refractivity contribution is 5.92. The van der Waals surface area contributed by atoms with E-state index in [1.165, 1.54) is 11.9 Å². The van der Waals surface area contributed by atoms with Crippen LogP contribution < -0.4 is 10.2 Å². The van der Waals surface area contributed by atoms with Crippen molar-refractivity contribution in [3.63, 3.8) is 0 Å². The zero-order valence-electron chi connectivity index (χ0n) is 10.4. The van der Waals surface area contributed by atoms with Crippen molar-refractivity contribution in [1.29, 1.82) is 0 Å². The standard InChI is InChI=1S/C12H15F3N2O/c1-8-4-5-10(9(2)6-8)17(3)11(18)16-7-12(13,14)15/h4-6H,7H2,1-3H3,(H,16,18). The quantitative estimate of drug-likeness (QED) is 0.871. The number of nitrogens with zero attached hydrogens (tertiary/aromatic N) is 1. The Morgan fingerprint density at radius 2 is 1.94 bits per heavy atom. The van der Waals surface area contributed by atoms with Crippen molar-refractivity contribution < 1.29 is 18.0 Å². The summed E-state index contributed by atoms with van der Waals surface area (Å²) in [4.78, 5) is 12.7. The van der Waals surface area contributed by atoms with Gasteiger partial charge in [-0.1, -0.05) is 17.7 Å². The molecule has 6 heteroatoms. The first-order valence-electron chi connectivity index (χ1n) is 5.36. The number of benzene rings is 1. The molecule has 0 saturated heterocycles. The Labute approximate surface area is 104 Å². The van der Waals surface area contributed by atoms with Gasteiger partial charge in [-0.05, 0) is 25.5 Å². The van der Waals surface area contributed by atoms with E-state index in [2.05, 4.69) is 0 Å². The zero-order valence-corrected chi connectivity index (χ0v) is 10.4. The number of alkyl halides is 3. The van der Waals surface area contributed by atoms with Crippen LogP contribution in [0.5, 0.6) is 0 Å². The molecule has 0 spiro atoms. The third kappa shape index (κ3) is 3.94. The van der Waals surface area contributed by atoms with E-state index in [9.17, 15) is 18.0 Å². The number of hydrogen-bond donors (Lipinski definition) is 1. The number of hydrogen-bond acceptors (Lipinski definition) is 1. The zero-order chi connectivity index (χ0) is 13.9. The van der Waals surface area contributed by atoms with Crippen molar-refractivity contribution >= 4 is 11.7 Å². The van der Waals surface area contributed by atoms with E-state index < -0.39 is 18.8 Å². The number of rotatable bonds is 2. The van der Waals surface area contributed by atoms with E-state index in [0.717, 1.165) is 11.1 Å². The van der Waals surface area contributed by atoms with Crippen LogP contribution in [0.2, 0.25) is 0 Å². The van der Waals surface area contributed by atoms with Crippen LogP contribution in [-0.2, 0) is 0 Å². The van der Waals surface area contributed by atoms with E-state index in [1.807, 2.05) is 18.3 Å². The molecule has 1 aromatic rings. The molecule has 0 bridgehead atoms. The molecule has 1 aromatic carbocycles. The molecule has 0 heterocycles. The molecule has 0 aliphatic rings. The Bertz CT molecular complexity index is 443. The van der Waals surface area contributed by atoms with Gasteiger partial charge in [0.2, 0.25) is 0 Å². The molecular weight excluding hydrogens is 245 g/mol. The first-order chi connectivity index (χ1) is 8.20. The maximum atomic E-state index is 12.0. The SMILES string of the molecule is Cc1ccc(N(C)C(=O)NCC(F)(F)F)c(C)c1. The summed E-state index contributed by atoms with van der Waals surface area (Å²) in [5.74, 6) is 0. The molecule has 0 atom stereocenters. The van der Waals surface area contributed by atoms with E-state index >= 15 is 0 Å². The second kappa shape index (κ2) is 5.29. The minimum atomic E-state index is -4.40. The van der Waals surface area contributed by atoms with Crippen molar-refractivity contribution in [2.75, 3.05) is 18.5 Å². The molecule has 0 radical (unpaired) electrons. The highest BCUT2D eigenvalue weighted by Crippen LogP contribution is 2.20. The van der Waals surface area contributed by atoms with Gasteiger partial charge in [-0.2, -0.15) is 13.2 Å². The minimum absolute atomic E-state index is 0.584. The summed E-state index contributed by atoms with van der Waals surface area (Å²) in [6, 6.07) is 4.59. The Balaban J connectivity index is 2.74. The van der Waals surface area contributed by atoms with Gasteiger partial charge in [0.15, 0.2) is 0 Å². The van der Waals surface area contributed by atoms with E-state index in [1.54, 1.807) is 19.1 Å². The summed E-state index contributed by atoms with van der Waals surface area (Å²) in [5.41, 5.74) is 2.44. The van der Waals surface area contributed by atoms with E-state index in [4.69, 9.17) is 0 Å². The summed E-state index contributed by atoms with van der Waals surface area (Å²) in [6.45, 7) is 2.37. The van der Waals surface area contributed by atoms with Gasteiger partial charge >= 0.3 is 12.2 Å². The number of aryl methyl sites for hydroxylation is 2. The fraction of sp³-hybridized carbons (Fsp3) is 0.417. The van der Waals surface area contributed by atoms with Crippen LogP contribution in [0.15, 0.2) is 18.2 Å². The molecule has 18 heavy (non-hydrogen) atoms. The highest BCUT2D eigenvalue weighted by atomic mass is 19.4. The van der Waals surface area contributed by atoms with Crippen LogP contribution >= 0.6 is 0 Å². The first-order valence-corrected chi connectivity index (χ1v) is 5.36. The van der Waals surface area contributed by atoms with Crippen molar-refractivity contribution in [1.82, 2.24) is 5.32 Å². The van der Waals surface area contributed by atoms with Crippen molar-refractivity contribution in [2.24, 2.45) is 0 Å². The molecule has 2 amide bonds. The second-order valence-corrected chi connectivity index (χ2v) is 4.12. The van der Waals surface area contributed by atoms with Gasteiger partial charge in [0.1, 0.15) is 6.54 Å². The number of carbonyl (C=O) groups is 1. The molecule has 1 rings (SSSR count). The van der Waals surface area contributed by atoms with Crippen molar-refractivity contribution in [2.45, 2.75) is 20.0 Å². The fourth-order valence-corrected chi connectivity index (χ4v) is 1.59. The summed E-state index contributed by atoms with van der Waals surface area (Å²) < 4.78 is 35.9. The van der Waals surface area contributed by atoms with Gasteiger partial charge in [-0.3, -0.25) is 4.90 Å². The second-order valence-electron chi connectivity index (χ2n) is 4.12. The van der Waals surface area contributed by atoms with Crippen molar-refractivity contribution in [3.05, 3.63) is 29.3 Å². The maximum absolute atomic E-state index is 12.0. The van der Waals surface area contributed by atoms with Gasteiger partial charge in [-0.25, -0.2) is 4.79 Å². The number of nitrogens with one attached hydrogen (secondary N) is 1. The Hall–Kier alpha value is -1.72. The highest BCUT2D eigenvalue weighted by Gasteiger charge is 2.28. The summed E-state index contributed by atoms with van der Waals surface area (Å²) in [6.07, 6.45) is -4.40. The lowest BCUT2D eigenvalue weighted by Crippen LogP contribution is -2.42. The van der Waals surface area contributed by atoms with Gasteiger partial charge < -0.3 is 5.32 Å². The number of amides is 2. The Morgan fingerprint density at radius 1 is 1.33 bits per heavy atom. The monoisotopic (exact) mass is 260 g/mol. The lowest BCUT2D eigenvalue weighted by Gasteiger charge is -2.20. The number of urea groups is 1. The van der Waals surface area contributed by atoms with Crippen LogP contribution in [0.4, 0.5) is 23.7 Å². The molecule has 0 aromatic heterocycles. The number of halogens is 3. The lowest BCUT2D eigenvalue weighted by molar-refractivity contribution is -0.122. The third-order valence-corrected chi connectivity index (χ3v) is 2.46. The molecular formula is C12H15F3N2O. The molecule has 3 nitrogen and oxygen atoms in total. The topological polar surface area (TPSA) is 32.3 Å². The van der Waals surface area contributed by atoms with Gasteiger partial charge in [0.05, 0.1) is 0 Å². The predicted molar refractivity (Wildman–Crippen MR) is 63.8 cm³/mol. The summed E-state index contributed by atoms with van der Waals surface area (Å²) in [5, 5.41) is 1.82. The average molecular weight is 260 g/mol. The van der Waals surface area contributed by atoms with Crippen molar-refractivity contribution in [3.8, 4) is 0 Å². The largest absolute Gasteiger partial charge is 0.405 e. The first kappa shape index (κ1) is 14.3. The van der Waals surface area contributed by atoms with E-state index in [-0.39, 0.29) is 0 Å². The predicted octanol–water partition coefficient (Wildman–Crippen LogP) is 3.01. The smallest absolute Gasteiger partial charge is 0.329 e. The van der Waals surface area contributed by atoms with Gasteiger partial charge in [-0.15, -0.1) is 0 Å². The van der Waals surface area contributed by atoms with Crippen LogP contribution in [-0.4, -0.2) is 25.8 Å². The maximum Gasteiger partial charge on any atom is 0.405 e. The Morgan fingerprint density at radius 3 is 2.44 bits per heavy atom. The molecule has 0 fully saturated rings. The van der Waals surface area contributed by atoms with Gasteiger partial charge in [0.25, 0.3) is 0 Å². The van der Waals surface area contributed by atoms with Crippen LogP contribution in [0.3, 0.4) is 0 Å². The van der Waals surface area contributed by atoms with Gasteiger partial charge in [0, 0.05) is 12.7 Å².